The van der Waals surface area contributed by atoms with E-state index in [0.717, 1.165) is 0 Å². The van der Waals surface area contributed by atoms with Gasteiger partial charge in [-0.3, -0.25) is 15.0 Å². The fourth-order valence-electron chi connectivity index (χ4n) is 0.938. The van der Waals surface area contributed by atoms with Crippen molar-refractivity contribution in [3.63, 3.8) is 0 Å². The molecule has 0 aliphatic carbocycles. The molecule has 3 rings (SSSR count). The molecule has 0 amide bonds. The van der Waals surface area contributed by atoms with Crippen LogP contribution in [0.5, 0.6) is 0 Å². The van der Waals surface area contributed by atoms with Crippen molar-refractivity contribution in [3.8, 4) is 0 Å². The summed E-state index contributed by atoms with van der Waals surface area (Å²) in [7, 11) is 0. The third-order valence-corrected chi connectivity index (χ3v) is 1.70. The Morgan fingerprint density at radius 3 is 0.545 bits per heavy atom. The Kier molecular flexibility index (Phi) is 33.1. The molecule has 0 unspecified atom stereocenters. The summed E-state index contributed by atoms with van der Waals surface area (Å²) in [5.74, 6) is 0. The van der Waals surface area contributed by atoms with Gasteiger partial charge < -0.3 is 37.2 Å². The summed E-state index contributed by atoms with van der Waals surface area (Å²) in [6.45, 7) is 0. The molecule has 0 radical (unpaired) electrons. The molecule has 0 bridgehead atoms. The number of hydrogen-bond donors (Lipinski definition) is 0. The zero-order valence-corrected chi connectivity index (χ0v) is 15.5. The number of hydrogen-bond acceptors (Lipinski definition) is 3. The third kappa shape index (κ3) is 21.3. The minimum absolute atomic E-state index is 0. The molecule has 3 nitrogen and oxygen atoms in total. The van der Waals surface area contributed by atoms with Crippen molar-refractivity contribution >= 4 is 0 Å². The van der Waals surface area contributed by atoms with E-state index < -0.39 is 0 Å². The van der Waals surface area contributed by atoms with Crippen molar-refractivity contribution in [2.45, 2.75) is 0 Å². The zero-order chi connectivity index (χ0) is 12.7. The smallest absolute Gasteiger partial charge is 1.00 e. The quantitative estimate of drug-likeness (QED) is 0.359. The molecule has 116 valence electrons. The Hall–Kier alpha value is -0.966. The van der Waals surface area contributed by atoms with Crippen LogP contribution < -0.4 is 37.2 Å². The summed E-state index contributed by atoms with van der Waals surface area (Å²) < 4.78 is 0. The molecular weight excluding hydrogens is 376 g/mol. The molecular formula is C15H15Cl3N3Ti-. The molecule has 0 aliphatic heterocycles. The average molecular weight is 392 g/mol. The van der Waals surface area contributed by atoms with Crippen molar-refractivity contribution in [1.29, 1.82) is 0 Å². The molecule has 0 aromatic carbocycles. The Morgan fingerprint density at radius 1 is 0.318 bits per heavy atom. The summed E-state index contributed by atoms with van der Waals surface area (Å²) in [6, 6.07) is 17.1. The number of aromatic nitrogens is 3. The van der Waals surface area contributed by atoms with Gasteiger partial charge in [-0.2, -0.15) is 0 Å². The van der Waals surface area contributed by atoms with Gasteiger partial charge >= 0.3 is 21.7 Å². The topological polar surface area (TPSA) is 38.7 Å². The van der Waals surface area contributed by atoms with E-state index in [1.165, 1.54) is 0 Å². The summed E-state index contributed by atoms with van der Waals surface area (Å²) in [5.41, 5.74) is 0. The molecule has 0 saturated heterocycles. The van der Waals surface area contributed by atoms with Gasteiger partial charge in [0.15, 0.2) is 0 Å². The van der Waals surface area contributed by atoms with E-state index in [1.54, 1.807) is 37.2 Å². The second-order valence-corrected chi connectivity index (χ2v) is 3.07. The summed E-state index contributed by atoms with van der Waals surface area (Å²) >= 11 is 0. The Balaban J connectivity index is -0.000000101. The monoisotopic (exact) mass is 390 g/mol. The maximum atomic E-state index is 3.78. The average Bonchev–Trinajstić information content (AvgIpc) is 2.54. The van der Waals surface area contributed by atoms with Crippen LogP contribution >= 0.6 is 0 Å². The number of halogens is 3. The Morgan fingerprint density at radius 2 is 0.500 bits per heavy atom. The van der Waals surface area contributed by atoms with Crippen molar-refractivity contribution < 1.29 is 58.9 Å². The molecule has 0 fully saturated rings. The van der Waals surface area contributed by atoms with Gasteiger partial charge in [0.2, 0.25) is 0 Å². The Labute approximate surface area is 165 Å². The van der Waals surface area contributed by atoms with Crippen LogP contribution in [0.2, 0.25) is 0 Å². The van der Waals surface area contributed by atoms with Crippen LogP contribution in [0, 0.1) is 0 Å². The summed E-state index contributed by atoms with van der Waals surface area (Å²) in [5, 5.41) is 0. The van der Waals surface area contributed by atoms with E-state index in [-0.39, 0.29) is 58.9 Å². The SMILES string of the molecule is [Cl-].[Cl-].[Cl-].[Ti+2].c1ccncc1.c1ccncc1.c1ccncc1. The molecule has 0 aliphatic rings. The third-order valence-electron chi connectivity index (χ3n) is 1.70. The van der Waals surface area contributed by atoms with Gasteiger partial charge in [0.05, 0.1) is 0 Å². The first-order valence-electron chi connectivity index (χ1n) is 5.55. The van der Waals surface area contributed by atoms with Crippen LogP contribution in [0.4, 0.5) is 0 Å². The van der Waals surface area contributed by atoms with Crippen LogP contribution in [0.25, 0.3) is 0 Å². The van der Waals surface area contributed by atoms with Gasteiger partial charge in [0, 0.05) is 37.2 Å². The predicted octanol–water partition coefficient (Wildman–Crippen LogP) is -5.75. The molecule has 22 heavy (non-hydrogen) atoms. The molecule has 0 spiro atoms. The van der Waals surface area contributed by atoms with Crippen molar-refractivity contribution in [2.24, 2.45) is 0 Å². The molecule has 0 atom stereocenters. The Bertz CT molecular complexity index is 321. The van der Waals surface area contributed by atoms with Gasteiger partial charge in [0.25, 0.3) is 0 Å². The minimum atomic E-state index is 0. The first kappa shape index (κ1) is 29.1. The van der Waals surface area contributed by atoms with E-state index in [4.69, 9.17) is 0 Å². The van der Waals surface area contributed by atoms with E-state index in [9.17, 15) is 0 Å². The van der Waals surface area contributed by atoms with Crippen molar-refractivity contribution in [1.82, 2.24) is 15.0 Å². The fourth-order valence-corrected chi connectivity index (χ4v) is 0.938. The van der Waals surface area contributed by atoms with Gasteiger partial charge in [-0.15, -0.1) is 0 Å². The van der Waals surface area contributed by atoms with E-state index in [2.05, 4.69) is 15.0 Å². The van der Waals surface area contributed by atoms with Crippen LogP contribution in [-0.2, 0) is 21.7 Å². The van der Waals surface area contributed by atoms with Crippen molar-refractivity contribution in [2.75, 3.05) is 0 Å². The molecule has 3 aromatic heterocycles. The first-order chi connectivity index (χ1) is 9.00. The number of pyridine rings is 3. The minimum Gasteiger partial charge on any atom is -1.00 e. The summed E-state index contributed by atoms with van der Waals surface area (Å²) in [6.07, 6.45) is 10.5. The van der Waals surface area contributed by atoms with Crippen LogP contribution in [0.15, 0.2) is 91.8 Å². The second-order valence-electron chi connectivity index (χ2n) is 3.07. The zero-order valence-electron chi connectivity index (χ0n) is 11.6. The molecule has 0 N–H and O–H groups in total. The normalized spacial score (nSPS) is 6.55. The maximum Gasteiger partial charge on any atom is 2.00 e. The molecule has 7 heteroatoms. The maximum absolute atomic E-state index is 3.78. The van der Waals surface area contributed by atoms with Crippen LogP contribution in [0.3, 0.4) is 0 Å². The van der Waals surface area contributed by atoms with Gasteiger partial charge in [-0.05, 0) is 36.4 Å². The second kappa shape index (κ2) is 25.0. The van der Waals surface area contributed by atoms with Gasteiger partial charge in [0.1, 0.15) is 0 Å². The molecule has 0 saturated carbocycles. The number of nitrogens with zero attached hydrogens (tertiary/aromatic N) is 3. The van der Waals surface area contributed by atoms with Crippen molar-refractivity contribution in [3.05, 3.63) is 91.8 Å². The first-order valence-corrected chi connectivity index (χ1v) is 5.55. The largest absolute Gasteiger partial charge is 2.00 e. The van der Waals surface area contributed by atoms with Gasteiger partial charge in [-0.25, -0.2) is 0 Å². The fraction of sp³-hybridized carbons (Fsp3) is 0. The summed E-state index contributed by atoms with van der Waals surface area (Å²) in [4.78, 5) is 11.4. The predicted molar refractivity (Wildman–Crippen MR) is 72.7 cm³/mol. The van der Waals surface area contributed by atoms with E-state index in [0.29, 0.717) is 0 Å². The van der Waals surface area contributed by atoms with Crippen LogP contribution in [-0.4, -0.2) is 15.0 Å². The molecule has 3 heterocycles. The van der Waals surface area contributed by atoms with E-state index >= 15 is 0 Å². The van der Waals surface area contributed by atoms with E-state index in [1.807, 2.05) is 54.6 Å². The van der Waals surface area contributed by atoms with Gasteiger partial charge in [-0.1, -0.05) is 18.2 Å². The molecule has 3 aromatic rings. The standard InChI is InChI=1S/3C5H5N.3ClH.Ti/c3*1-2-4-6-5-3-1;;;;/h3*1-5H;3*1H;/q;;;;;;+2/p-3. The number of rotatable bonds is 0. The van der Waals surface area contributed by atoms with Crippen LogP contribution in [0.1, 0.15) is 0 Å².